The van der Waals surface area contributed by atoms with E-state index in [2.05, 4.69) is 5.32 Å². The van der Waals surface area contributed by atoms with E-state index in [1.54, 1.807) is 36.3 Å². The van der Waals surface area contributed by atoms with E-state index in [4.69, 9.17) is 4.74 Å². The van der Waals surface area contributed by atoms with Gasteiger partial charge in [0.1, 0.15) is 5.75 Å². The Balaban J connectivity index is 1.83. The minimum absolute atomic E-state index is 0.00360. The summed E-state index contributed by atoms with van der Waals surface area (Å²) in [6, 6.07) is 17.1. The van der Waals surface area contributed by atoms with Gasteiger partial charge in [0, 0.05) is 30.6 Å². The first-order valence-corrected chi connectivity index (χ1v) is 9.28. The molecule has 0 bridgehead atoms. The van der Waals surface area contributed by atoms with Crippen LogP contribution in [0.3, 0.4) is 0 Å². The molecule has 0 spiro atoms. The Hall–Kier alpha value is -2.82. The molecule has 1 fully saturated rings. The summed E-state index contributed by atoms with van der Waals surface area (Å²) in [6.07, 6.45) is 0. The highest BCUT2D eigenvalue weighted by atomic mass is 16.5. The lowest BCUT2D eigenvalue weighted by Gasteiger charge is -2.19. The number of carbonyl (C=O) groups excluding carboxylic acids is 2. The van der Waals surface area contributed by atoms with Crippen LogP contribution in [0.15, 0.2) is 54.6 Å². The van der Waals surface area contributed by atoms with Crippen molar-refractivity contribution in [2.75, 3.05) is 20.2 Å². The van der Waals surface area contributed by atoms with Crippen molar-refractivity contribution < 1.29 is 14.3 Å². The fourth-order valence-corrected chi connectivity index (χ4v) is 3.58. The quantitative estimate of drug-likeness (QED) is 0.885. The number of hydrogen-bond acceptors (Lipinski definition) is 3. The molecule has 5 nitrogen and oxygen atoms in total. The van der Waals surface area contributed by atoms with E-state index in [9.17, 15) is 9.59 Å². The number of nitrogens with one attached hydrogen (secondary N) is 1. The lowest BCUT2D eigenvalue weighted by atomic mass is 9.88. The molecule has 1 saturated heterocycles. The van der Waals surface area contributed by atoms with E-state index in [0.717, 1.165) is 5.56 Å². The lowest BCUT2D eigenvalue weighted by molar-refractivity contribution is -0.125. The maximum atomic E-state index is 13.0. The highest BCUT2D eigenvalue weighted by Crippen LogP contribution is 2.34. The SMILES string of the molecule is COc1ccc(C(=O)N2CC(C(=O)NC(C)C)C(c3ccccc3)C2)cc1. The standard InChI is InChI=1S/C22H26N2O3/c1-15(2)23-21(25)20-14-24(13-19(20)16-7-5-4-6-8-16)22(26)17-9-11-18(27-3)12-10-17/h4-12,15,19-20H,13-14H2,1-3H3,(H,23,25). The number of rotatable bonds is 5. The number of carbonyl (C=O) groups is 2. The van der Waals surface area contributed by atoms with Crippen molar-refractivity contribution in [3.63, 3.8) is 0 Å². The maximum absolute atomic E-state index is 13.0. The van der Waals surface area contributed by atoms with Crippen LogP contribution < -0.4 is 10.1 Å². The fourth-order valence-electron chi connectivity index (χ4n) is 3.58. The van der Waals surface area contributed by atoms with Gasteiger partial charge in [0.25, 0.3) is 5.91 Å². The number of nitrogens with zero attached hydrogens (tertiary/aromatic N) is 1. The number of likely N-dealkylation sites (tertiary alicyclic amines) is 1. The molecule has 1 aliphatic heterocycles. The summed E-state index contributed by atoms with van der Waals surface area (Å²) in [6.45, 7) is 4.85. The highest BCUT2D eigenvalue weighted by Gasteiger charge is 2.40. The van der Waals surface area contributed by atoms with Gasteiger partial charge in [-0.15, -0.1) is 0 Å². The van der Waals surface area contributed by atoms with Crippen LogP contribution in [0.4, 0.5) is 0 Å². The summed E-state index contributed by atoms with van der Waals surface area (Å²) in [5, 5.41) is 3.01. The van der Waals surface area contributed by atoms with Gasteiger partial charge in [-0.2, -0.15) is 0 Å². The van der Waals surface area contributed by atoms with Crippen molar-refractivity contribution in [3.8, 4) is 5.75 Å². The average molecular weight is 366 g/mol. The summed E-state index contributed by atoms with van der Waals surface area (Å²) in [5.74, 6) is 0.399. The van der Waals surface area contributed by atoms with E-state index in [-0.39, 0.29) is 29.7 Å². The molecule has 2 aromatic rings. The molecule has 1 aliphatic rings. The third kappa shape index (κ3) is 4.30. The molecule has 1 N–H and O–H groups in total. The van der Waals surface area contributed by atoms with Crippen molar-refractivity contribution in [2.45, 2.75) is 25.8 Å². The molecule has 2 amide bonds. The van der Waals surface area contributed by atoms with E-state index in [1.165, 1.54) is 0 Å². The third-order valence-electron chi connectivity index (χ3n) is 4.94. The molecule has 0 radical (unpaired) electrons. The Labute approximate surface area is 160 Å². The van der Waals surface area contributed by atoms with Crippen molar-refractivity contribution in [1.82, 2.24) is 10.2 Å². The fraction of sp³-hybridized carbons (Fsp3) is 0.364. The molecular formula is C22H26N2O3. The van der Waals surface area contributed by atoms with Crippen LogP contribution in [-0.2, 0) is 4.79 Å². The number of ether oxygens (including phenoxy) is 1. The Morgan fingerprint density at radius 3 is 2.30 bits per heavy atom. The Morgan fingerprint density at radius 2 is 1.70 bits per heavy atom. The average Bonchev–Trinajstić information content (AvgIpc) is 3.13. The third-order valence-corrected chi connectivity index (χ3v) is 4.94. The topological polar surface area (TPSA) is 58.6 Å². The zero-order valence-electron chi connectivity index (χ0n) is 16.0. The summed E-state index contributed by atoms with van der Waals surface area (Å²) < 4.78 is 5.16. The first kappa shape index (κ1) is 19.0. The van der Waals surface area contributed by atoms with Gasteiger partial charge in [0.2, 0.25) is 5.91 Å². The van der Waals surface area contributed by atoms with Crippen LogP contribution in [0.1, 0.15) is 35.7 Å². The maximum Gasteiger partial charge on any atom is 0.253 e. The molecule has 0 aliphatic carbocycles. The summed E-state index contributed by atoms with van der Waals surface area (Å²) in [5.41, 5.74) is 1.69. The zero-order chi connectivity index (χ0) is 19.4. The normalized spacial score (nSPS) is 19.2. The number of hydrogen-bond donors (Lipinski definition) is 1. The molecule has 3 rings (SSSR count). The van der Waals surface area contributed by atoms with Gasteiger partial charge in [-0.1, -0.05) is 30.3 Å². The second kappa shape index (κ2) is 8.25. The first-order valence-electron chi connectivity index (χ1n) is 9.28. The highest BCUT2D eigenvalue weighted by molar-refractivity contribution is 5.95. The number of methoxy groups -OCH3 is 1. The van der Waals surface area contributed by atoms with E-state index >= 15 is 0 Å². The van der Waals surface area contributed by atoms with Crippen LogP contribution in [0, 0.1) is 5.92 Å². The van der Waals surface area contributed by atoms with Gasteiger partial charge in [-0.05, 0) is 43.7 Å². The summed E-state index contributed by atoms with van der Waals surface area (Å²) in [7, 11) is 1.60. The molecule has 0 aromatic heterocycles. The number of amides is 2. The van der Waals surface area contributed by atoms with Crippen LogP contribution in [-0.4, -0.2) is 43.0 Å². The second-order valence-electron chi connectivity index (χ2n) is 7.23. The van der Waals surface area contributed by atoms with E-state index in [1.807, 2.05) is 44.2 Å². The molecule has 142 valence electrons. The zero-order valence-corrected chi connectivity index (χ0v) is 16.0. The van der Waals surface area contributed by atoms with Crippen molar-refractivity contribution >= 4 is 11.8 Å². The molecule has 2 unspecified atom stereocenters. The minimum atomic E-state index is -0.253. The van der Waals surface area contributed by atoms with Gasteiger partial charge in [0.15, 0.2) is 0 Å². The van der Waals surface area contributed by atoms with Gasteiger partial charge < -0.3 is 15.0 Å². The van der Waals surface area contributed by atoms with E-state index in [0.29, 0.717) is 24.4 Å². The predicted molar refractivity (Wildman–Crippen MR) is 105 cm³/mol. The first-order chi connectivity index (χ1) is 13.0. The van der Waals surface area contributed by atoms with Crippen molar-refractivity contribution in [1.29, 1.82) is 0 Å². The number of benzene rings is 2. The van der Waals surface area contributed by atoms with Gasteiger partial charge in [0.05, 0.1) is 13.0 Å². The molecule has 1 heterocycles. The monoisotopic (exact) mass is 366 g/mol. The van der Waals surface area contributed by atoms with E-state index < -0.39 is 0 Å². The van der Waals surface area contributed by atoms with Gasteiger partial charge in [-0.3, -0.25) is 9.59 Å². The minimum Gasteiger partial charge on any atom is -0.497 e. The molecule has 5 heteroatoms. The molecular weight excluding hydrogens is 340 g/mol. The van der Waals surface area contributed by atoms with Gasteiger partial charge >= 0.3 is 0 Å². The Morgan fingerprint density at radius 1 is 1.04 bits per heavy atom. The van der Waals surface area contributed by atoms with Crippen molar-refractivity contribution in [2.24, 2.45) is 5.92 Å². The van der Waals surface area contributed by atoms with Crippen LogP contribution in [0.2, 0.25) is 0 Å². The molecule has 2 aromatic carbocycles. The predicted octanol–water partition coefficient (Wildman–Crippen LogP) is 3.08. The lowest BCUT2D eigenvalue weighted by Crippen LogP contribution is -2.39. The second-order valence-corrected chi connectivity index (χ2v) is 7.23. The van der Waals surface area contributed by atoms with Crippen LogP contribution in [0.5, 0.6) is 5.75 Å². The Bertz CT molecular complexity index is 787. The van der Waals surface area contributed by atoms with Gasteiger partial charge in [-0.25, -0.2) is 0 Å². The summed E-state index contributed by atoms with van der Waals surface area (Å²) >= 11 is 0. The largest absolute Gasteiger partial charge is 0.497 e. The summed E-state index contributed by atoms with van der Waals surface area (Å²) in [4.78, 5) is 27.5. The van der Waals surface area contributed by atoms with Crippen molar-refractivity contribution in [3.05, 3.63) is 65.7 Å². The Kier molecular flexibility index (Phi) is 5.79. The molecule has 0 saturated carbocycles. The van der Waals surface area contributed by atoms with Crippen LogP contribution in [0.25, 0.3) is 0 Å². The smallest absolute Gasteiger partial charge is 0.253 e. The molecule has 27 heavy (non-hydrogen) atoms. The van der Waals surface area contributed by atoms with Crippen LogP contribution >= 0.6 is 0 Å². The molecule has 2 atom stereocenters.